The first-order valence-corrected chi connectivity index (χ1v) is 11.9. The molecule has 0 radical (unpaired) electrons. The van der Waals surface area contributed by atoms with Crippen molar-refractivity contribution in [2.24, 2.45) is 4.99 Å². The van der Waals surface area contributed by atoms with Crippen LogP contribution in [0.4, 0.5) is 0 Å². The van der Waals surface area contributed by atoms with Crippen LogP contribution < -0.4 is 10.6 Å². The Bertz CT molecular complexity index is 771. The zero-order chi connectivity index (χ0) is 22.0. The van der Waals surface area contributed by atoms with Gasteiger partial charge >= 0.3 is 0 Å². The van der Waals surface area contributed by atoms with Crippen molar-refractivity contribution >= 4 is 21.9 Å². The molecule has 1 amide bonds. The lowest BCUT2D eigenvalue weighted by atomic mass is 10.4. The first kappa shape index (κ1) is 24.2. The topological polar surface area (TPSA) is 116 Å². The van der Waals surface area contributed by atoms with E-state index in [1.54, 1.807) is 12.1 Å². The van der Waals surface area contributed by atoms with Gasteiger partial charge in [-0.1, -0.05) is 0 Å². The molecule has 0 unspecified atom stereocenters. The number of carbonyl (C=O) groups is 1. The van der Waals surface area contributed by atoms with Crippen LogP contribution in [0.5, 0.6) is 0 Å². The molecule has 0 bridgehead atoms. The van der Waals surface area contributed by atoms with E-state index < -0.39 is 10.0 Å². The number of carbonyl (C=O) groups excluding carboxylic acids is 1. The normalized spacial score (nSPS) is 16.1. The SMILES string of the molecule is CCNC(=NCCNC(=O)c1ccco1)N1CCN(S(=O)(=O)CCOC(C)C)CC1. The summed E-state index contributed by atoms with van der Waals surface area (Å²) in [6, 6.07) is 3.26. The molecule has 0 aromatic carbocycles. The summed E-state index contributed by atoms with van der Waals surface area (Å²) in [6.45, 7) is 9.33. The zero-order valence-electron chi connectivity index (χ0n) is 18.0. The number of nitrogens with one attached hydrogen (secondary N) is 2. The summed E-state index contributed by atoms with van der Waals surface area (Å²) in [6.07, 6.45) is 1.47. The van der Waals surface area contributed by atoms with Gasteiger partial charge in [-0.05, 0) is 32.9 Å². The van der Waals surface area contributed by atoms with Gasteiger partial charge in [0.05, 0.1) is 31.3 Å². The van der Waals surface area contributed by atoms with Crippen molar-refractivity contribution < 1.29 is 22.4 Å². The lowest BCUT2D eigenvalue weighted by Crippen LogP contribution is -2.54. The van der Waals surface area contributed by atoms with Gasteiger partial charge in [0, 0.05) is 39.3 Å². The maximum Gasteiger partial charge on any atom is 0.287 e. The summed E-state index contributed by atoms with van der Waals surface area (Å²) < 4.78 is 36.9. The Balaban J connectivity index is 1.81. The molecule has 1 aromatic heterocycles. The Morgan fingerprint density at radius 1 is 1.27 bits per heavy atom. The fourth-order valence-corrected chi connectivity index (χ4v) is 4.23. The minimum atomic E-state index is -3.33. The Morgan fingerprint density at radius 3 is 2.60 bits per heavy atom. The fraction of sp³-hybridized carbons (Fsp3) is 0.684. The summed E-state index contributed by atoms with van der Waals surface area (Å²) in [5, 5.41) is 5.98. The highest BCUT2D eigenvalue weighted by Crippen LogP contribution is 2.09. The maximum absolute atomic E-state index is 12.5. The van der Waals surface area contributed by atoms with E-state index in [2.05, 4.69) is 15.6 Å². The molecular weight excluding hydrogens is 410 g/mol. The van der Waals surface area contributed by atoms with Gasteiger partial charge in [0.1, 0.15) is 0 Å². The van der Waals surface area contributed by atoms with Gasteiger partial charge in [0.15, 0.2) is 11.7 Å². The molecule has 10 nitrogen and oxygen atoms in total. The summed E-state index contributed by atoms with van der Waals surface area (Å²) in [5.41, 5.74) is 0. The highest BCUT2D eigenvalue weighted by atomic mass is 32.2. The quantitative estimate of drug-likeness (QED) is 0.304. The standard InChI is InChI=1S/C19H33N5O5S/c1-4-20-19(22-8-7-21-18(25)17-6-5-13-29-17)23-9-11-24(12-10-23)30(26,27)15-14-28-16(2)3/h5-6,13,16H,4,7-12,14-15H2,1-3H3,(H,20,22)(H,21,25). The fourth-order valence-electron chi connectivity index (χ4n) is 2.95. The maximum atomic E-state index is 12.5. The number of aliphatic imine (C=N–C) groups is 1. The van der Waals surface area contributed by atoms with Crippen LogP contribution in [0.3, 0.4) is 0 Å². The van der Waals surface area contributed by atoms with Gasteiger partial charge in [-0.2, -0.15) is 4.31 Å². The largest absolute Gasteiger partial charge is 0.459 e. The second-order valence-electron chi connectivity index (χ2n) is 7.09. The lowest BCUT2D eigenvalue weighted by molar-refractivity contribution is 0.0904. The van der Waals surface area contributed by atoms with Crippen LogP contribution in [0.1, 0.15) is 31.3 Å². The molecule has 30 heavy (non-hydrogen) atoms. The smallest absolute Gasteiger partial charge is 0.287 e. The van der Waals surface area contributed by atoms with Gasteiger partial charge in [-0.15, -0.1) is 0 Å². The monoisotopic (exact) mass is 443 g/mol. The average molecular weight is 444 g/mol. The molecule has 1 fully saturated rings. The summed E-state index contributed by atoms with van der Waals surface area (Å²) >= 11 is 0. The Morgan fingerprint density at radius 2 is 2.00 bits per heavy atom. The van der Waals surface area contributed by atoms with Gasteiger partial charge < -0.3 is 24.7 Å². The number of hydrogen-bond acceptors (Lipinski definition) is 6. The van der Waals surface area contributed by atoms with Gasteiger partial charge in [-0.25, -0.2) is 8.42 Å². The molecule has 2 N–H and O–H groups in total. The number of ether oxygens (including phenoxy) is 1. The van der Waals surface area contributed by atoms with Gasteiger partial charge in [0.2, 0.25) is 10.0 Å². The van der Waals surface area contributed by atoms with Crippen molar-refractivity contribution in [3.63, 3.8) is 0 Å². The number of guanidine groups is 1. The Kier molecular flexibility index (Phi) is 9.60. The van der Waals surface area contributed by atoms with Crippen LogP contribution in [0.2, 0.25) is 0 Å². The molecule has 11 heteroatoms. The van der Waals surface area contributed by atoms with Crippen LogP contribution >= 0.6 is 0 Å². The molecule has 170 valence electrons. The van der Waals surface area contributed by atoms with E-state index in [0.717, 1.165) is 0 Å². The van der Waals surface area contributed by atoms with Crippen molar-refractivity contribution in [2.45, 2.75) is 26.9 Å². The van der Waals surface area contributed by atoms with E-state index in [1.807, 2.05) is 25.7 Å². The minimum Gasteiger partial charge on any atom is -0.459 e. The summed E-state index contributed by atoms with van der Waals surface area (Å²) in [5.74, 6) is 0.696. The van der Waals surface area contributed by atoms with E-state index >= 15 is 0 Å². The highest BCUT2D eigenvalue weighted by molar-refractivity contribution is 7.89. The third-order valence-electron chi connectivity index (χ3n) is 4.46. The second kappa shape index (κ2) is 11.9. The predicted molar refractivity (Wildman–Crippen MR) is 115 cm³/mol. The van der Waals surface area contributed by atoms with Crippen molar-refractivity contribution in [3.8, 4) is 0 Å². The van der Waals surface area contributed by atoms with Crippen molar-refractivity contribution in [2.75, 3.05) is 58.2 Å². The third-order valence-corrected chi connectivity index (χ3v) is 6.30. The number of furan rings is 1. The summed E-state index contributed by atoms with van der Waals surface area (Å²) in [4.78, 5) is 18.5. The van der Waals surface area contributed by atoms with Crippen molar-refractivity contribution in [1.82, 2.24) is 19.8 Å². The van der Waals surface area contributed by atoms with E-state index in [-0.39, 0.29) is 30.1 Å². The van der Waals surface area contributed by atoms with Crippen LogP contribution in [0.15, 0.2) is 27.8 Å². The highest BCUT2D eigenvalue weighted by Gasteiger charge is 2.28. The molecule has 2 rings (SSSR count). The molecule has 2 heterocycles. The first-order chi connectivity index (χ1) is 14.3. The van der Waals surface area contributed by atoms with E-state index in [9.17, 15) is 13.2 Å². The van der Waals surface area contributed by atoms with Gasteiger partial charge in [-0.3, -0.25) is 9.79 Å². The Labute approximate surface area is 178 Å². The second-order valence-corrected chi connectivity index (χ2v) is 9.18. The van der Waals surface area contributed by atoms with Crippen LogP contribution in [-0.4, -0.2) is 93.8 Å². The molecule has 1 aliphatic rings. The zero-order valence-corrected chi connectivity index (χ0v) is 18.8. The average Bonchev–Trinajstić information content (AvgIpc) is 3.25. The van der Waals surface area contributed by atoms with Crippen molar-refractivity contribution in [3.05, 3.63) is 24.2 Å². The number of nitrogens with zero attached hydrogens (tertiary/aromatic N) is 3. The lowest BCUT2D eigenvalue weighted by Gasteiger charge is -2.35. The summed E-state index contributed by atoms with van der Waals surface area (Å²) in [7, 11) is -3.33. The number of hydrogen-bond donors (Lipinski definition) is 2. The molecule has 0 saturated carbocycles. The van der Waals surface area contributed by atoms with E-state index in [1.165, 1.54) is 10.6 Å². The molecule has 0 aliphatic carbocycles. The number of sulfonamides is 1. The molecule has 1 saturated heterocycles. The van der Waals surface area contributed by atoms with E-state index in [0.29, 0.717) is 51.8 Å². The first-order valence-electron chi connectivity index (χ1n) is 10.3. The van der Waals surface area contributed by atoms with Gasteiger partial charge in [0.25, 0.3) is 5.91 Å². The van der Waals surface area contributed by atoms with E-state index in [4.69, 9.17) is 9.15 Å². The van der Waals surface area contributed by atoms with Crippen LogP contribution in [0, 0.1) is 0 Å². The Hall–Kier alpha value is -2.11. The van der Waals surface area contributed by atoms with Crippen molar-refractivity contribution in [1.29, 1.82) is 0 Å². The minimum absolute atomic E-state index is 0.00525. The third kappa shape index (κ3) is 7.62. The number of piperazine rings is 1. The molecule has 1 aromatic rings. The predicted octanol–water partition coefficient (Wildman–Crippen LogP) is 0.347. The molecule has 1 aliphatic heterocycles. The van der Waals surface area contributed by atoms with Crippen LogP contribution in [-0.2, 0) is 14.8 Å². The molecule has 0 spiro atoms. The molecule has 0 atom stereocenters. The molecular formula is C19H33N5O5S. The number of rotatable bonds is 10. The van der Waals surface area contributed by atoms with Crippen LogP contribution in [0.25, 0.3) is 0 Å². The number of amides is 1.